The van der Waals surface area contributed by atoms with Crippen molar-refractivity contribution in [1.29, 1.82) is 0 Å². The van der Waals surface area contributed by atoms with Gasteiger partial charge in [-0.2, -0.15) is 0 Å². The maximum atomic E-state index is 13.7. The standard InChI is InChI=1S/C27H26N2O2/c1-3-31-21-11-7-9-19(17-21)26-25-23(22-12-4-5-13-24(22)28-25)14-15-29(26)27(30)20-10-6-8-18(2)16-20/h4-13,16-17,26,28H,3,14-15H2,1-2H3. The van der Waals surface area contributed by atoms with Crippen molar-refractivity contribution >= 4 is 16.8 Å². The third-order valence-corrected chi connectivity index (χ3v) is 6.05. The first kappa shape index (κ1) is 19.4. The minimum atomic E-state index is -0.190. The summed E-state index contributed by atoms with van der Waals surface area (Å²) in [5.74, 6) is 0.881. The lowest BCUT2D eigenvalue weighted by atomic mass is 9.91. The van der Waals surface area contributed by atoms with Gasteiger partial charge in [0.05, 0.1) is 12.6 Å². The molecule has 0 spiro atoms. The van der Waals surface area contributed by atoms with Gasteiger partial charge in [-0.05, 0) is 61.7 Å². The molecule has 1 amide bonds. The van der Waals surface area contributed by atoms with Gasteiger partial charge in [-0.1, -0.05) is 48.0 Å². The molecule has 4 heteroatoms. The van der Waals surface area contributed by atoms with E-state index >= 15 is 0 Å². The first-order valence-electron chi connectivity index (χ1n) is 10.9. The molecule has 0 radical (unpaired) electrons. The van der Waals surface area contributed by atoms with Crippen LogP contribution in [0.2, 0.25) is 0 Å². The van der Waals surface area contributed by atoms with Gasteiger partial charge in [0.1, 0.15) is 5.75 Å². The predicted octanol–water partition coefficient (Wildman–Crippen LogP) is 5.66. The molecule has 1 aliphatic heterocycles. The highest BCUT2D eigenvalue weighted by molar-refractivity contribution is 5.95. The van der Waals surface area contributed by atoms with E-state index in [4.69, 9.17) is 4.74 Å². The van der Waals surface area contributed by atoms with Crippen LogP contribution in [0, 0.1) is 6.92 Å². The van der Waals surface area contributed by atoms with Gasteiger partial charge in [-0.3, -0.25) is 4.79 Å². The first-order chi connectivity index (χ1) is 15.2. The summed E-state index contributed by atoms with van der Waals surface area (Å²) in [6.07, 6.45) is 0.832. The average Bonchev–Trinajstić information content (AvgIpc) is 3.17. The number of aryl methyl sites for hydroxylation is 1. The third-order valence-electron chi connectivity index (χ3n) is 6.05. The van der Waals surface area contributed by atoms with Crippen molar-refractivity contribution in [2.45, 2.75) is 26.3 Å². The predicted molar refractivity (Wildman–Crippen MR) is 124 cm³/mol. The smallest absolute Gasteiger partial charge is 0.254 e. The Morgan fingerprint density at radius 3 is 2.74 bits per heavy atom. The number of H-pyrrole nitrogens is 1. The number of fused-ring (bicyclic) bond motifs is 3. The van der Waals surface area contributed by atoms with Gasteiger partial charge in [0.2, 0.25) is 0 Å². The molecule has 1 unspecified atom stereocenters. The summed E-state index contributed by atoms with van der Waals surface area (Å²) in [6, 6.07) is 24.2. The van der Waals surface area contributed by atoms with E-state index < -0.39 is 0 Å². The Labute approximate surface area is 182 Å². The summed E-state index contributed by atoms with van der Waals surface area (Å²) < 4.78 is 5.77. The topological polar surface area (TPSA) is 45.3 Å². The van der Waals surface area contributed by atoms with E-state index in [9.17, 15) is 4.79 Å². The molecule has 1 N–H and O–H groups in total. The molecular weight excluding hydrogens is 384 g/mol. The number of carbonyl (C=O) groups is 1. The number of aromatic amines is 1. The van der Waals surface area contributed by atoms with Crippen LogP contribution in [0.15, 0.2) is 72.8 Å². The quantitative estimate of drug-likeness (QED) is 0.472. The third kappa shape index (κ3) is 3.48. The Morgan fingerprint density at radius 2 is 1.90 bits per heavy atom. The molecule has 1 atom stereocenters. The van der Waals surface area contributed by atoms with Gasteiger partial charge in [0.15, 0.2) is 0 Å². The fraction of sp³-hybridized carbons (Fsp3) is 0.222. The fourth-order valence-electron chi connectivity index (χ4n) is 4.69. The number of amides is 1. The normalized spacial score (nSPS) is 15.7. The Balaban J connectivity index is 1.66. The monoisotopic (exact) mass is 410 g/mol. The van der Waals surface area contributed by atoms with Crippen LogP contribution in [0.1, 0.15) is 45.7 Å². The zero-order chi connectivity index (χ0) is 21.4. The Kier molecular flexibility index (Phi) is 4.99. The lowest BCUT2D eigenvalue weighted by molar-refractivity contribution is 0.0691. The number of hydrogen-bond acceptors (Lipinski definition) is 2. The molecule has 3 aromatic carbocycles. The number of rotatable bonds is 4. The highest BCUT2D eigenvalue weighted by Crippen LogP contribution is 2.39. The summed E-state index contributed by atoms with van der Waals surface area (Å²) in [7, 11) is 0. The van der Waals surface area contributed by atoms with Gasteiger partial charge in [-0.15, -0.1) is 0 Å². The molecule has 1 aliphatic rings. The second-order valence-corrected chi connectivity index (χ2v) is 8.09. The molecule has 0 fully saturated rings. The van der Waals surface area contributed by atoms with Crippen LogP contribution in [-0.2, 0) is 6.42 Å². The minimum absolute atomic E-state index is 0.0554. The maximum absolute atomic E-state index is 13.7. The number of para-hydroxylation sites is 1. The molecule has 31 heavy (non-hydrogen) atoms. The molecule has 0 saturated heterocycles. The summed E-state index contributed by atoms with van der Waals surface area (Å²) in [6.45, 7) is 5.28. The Hall–Kier alpha value is -3.53. The van der Waals surface area contributed by atoms with Gasteiger partial charge in [-0.25, -0.2) is 0 Å². The lowest BCUT2D eigenvalue weighted by Gasteiger charge is -2.36. The molecule has 1 aromatic heterocycles. The second-order valence-electron chi connectivity index (χ2n) is 8.09. The van der Waals surface area contributed by atoms with Crippen molar-refractivity contribution < 1.29 is 9.53 Å². The average molecular weight is 411 g/mol. The van der Waals surface area contributed by atoms with Gasteiger partial charge in [0.25, 0.3) is 5.91 Å². The Bertz CT molecular complexity index is 1260. The molecule has 0 saturated carbocycles. The summed E-state index contributed by atoms with van der Waals surface area (Å²) in [5.41, 5.74) is 6.38. The van der Waals surface area contributed by atoms with Crippen LogP contribution < -0.4 is 4.74 Å². The fourth-order valence-corrected chi connectivity index (χ4v) is 4.69. The van der Waals surface area contributed by atoms with Crippen molar-refractivity contribution in [2.75, 3.05) is 13.2 Å². The van der Waals surface area contributed by atoms with Crippen molar-refractivity contribution in [2.24, 2.45) is 0 Å². The van der Waals surface area contributed by atoms with Crippen LogP contribution in [-0.4, -0.2) is 28.9 Å². The molecule has 4 aromatic rings. The number of aromatic nitrogens is 1. The number of nitrogens with zero attached hydrogens (tertiary/aromatic N) is 1. The van der Waals surface area contributed by atoms with Crippen molar-refractivity contribution in [3.05, 3.63) is 101 Å². The van der Waals surface area contributed by atoms with E-state index in [1.165, 1.54) is 10.9 Å². The molecule has 5 rings (SSSR count). The van der Waals surface area contributed by atoms with E-state index in [-0.39, 0.29) is 11.9 Å². The highest BCUT2D eigenvalue weighted by atomic mass is 16.5. The van der Waals surface area contributed by atoms with E-state index in [1.54, 1.807) is 0 Å². The second kappa shape index (κ2) is 7.95. The number of nitrogens with one attached hydrogen (secondary N) is 1. The van der Waals surface area contributed by atoms with Crippen LogP contribution in [0.3, 0.4) is 0 Å². The first-order valence-corrected chi connectivity index (χ1v) is 10.9. The zero-order valence-corrected chi connectivity index (χ0v) is 17.9. The van der Waals surface area contributed by atoms with Gasteiger partial charge >= 0.3 is 0 Å². The molecule has 2 heterocycles. The van der Waals surface area contributed by atoms with Crippen molar-refractivity contribution in [3.8, 4) is 5.75 Å². The van der Waals surface area contributed by atoms with Crippen LogP contribution in [0.25, 0.3) is 10.9 Å². The van der Waals surface area contributed by atoms with Crippen molar-refractivity contribution in [3.63, 3.8) is 0 Å². The molecule has 4 nitrogen and oxygen atoms in total. The molecule has 0 bridgehead atoms. The van der Waals surface area contributed by atoms with E-state index in [1.807, 2.05) is 61.2 Å². The maximum Gasteiger partial charge on any atom is 0.254 e. The lowest BCUT2D eigenvalue weighted by Crippen LogP contribution is -2.40. The highest BCUT2D eigenvalue weighted by Gasteiger charge is 2.35. The number of ether oxygens (including phenoxy) is 1. The van der Waals surface area contributed by atoms with Gasteiger partial charge < -0.3 is 14.6 Å². The summed E-state index contributed by atoms with van der Waals surface area (Å²) >= 11 is 0. The van der Waals surface area contributed by atoms with E-state index in [2.05, 4.69) is 35.3 Å². The van der Waals surface area contributed by atoms with Crippen LogP contribution in [0.5, 0.6) is 5.75 Å². The van der Waals surface area contributed by atoms with E-state index in [0.717, 1.165) is 40.1 Å². The number of benzene rings is 3. The minimum Gasteiger partial charge on any atom is -0.494 e. The number of hydrogen-bond donors (Lipinski definition) is 1. The molecule has 0 aliphatic carbocycles. The SMILES string of the molecule is CCOc1cccc(C2c3[nH]c4ccccc4c3CCN2C(=O)c2cccc(C)c2)c1. The zero-order valence-electron chi connectivity index (χ0n) is 17.9. The largest absolute Gasteiger partial charge is 0.494 e. The van der Waals surface area contributed by atoms with Crippen LogP contribution in [0.4, 0.5) is 0 Å². The summed E-state index contributed by atoms with van der Waals surface area (Å²) in [4.78, 5) is 19.3. The van der Waals surface area contributed by atoms with Crippen LogP contribution >= 0.6 is 0 Å². The number of carbonyl (C=O) groups excluding carboxylic acids is 1. The van der Waals surface area contributed by atoms with Crippen molar-refractivity contribution in [1.82, 2.24) is 9.88 Å². The van der Waals surface area contributed by atoms with E-state index in [0.29, 0.717) is 13.2 Å². The molecular formula is C27H26N2O2. The summed E-state index contributed by atoms with van der Waals surface area (Å²) in [5, 5.41) is 1.24. The molecule has 156 valence electrons. The Morgan fingerprint density at radius 1 is 1.06 bits per heavy atom. The van der Waals surface area contributed by atoms with Gasteiger partial charge in [0, 0.05) is 28.7 Å².